The SMILES string of the molecule is CC(C)=CCC/C(C)=C/C/C=C(C)/C=C/C(C)O. The zero-order chi connectivity index (χ0) is 14.0. The van der Waals surface area contributed by atoms with Crippen LogP contribution in [0.4, 0.5) is 0 Å². The molecule has 1 heteroatoms. The second-order valence-electron chi connectivity index (χ2n) is 5.15. The molecule has 0 bridgehead atoms. The van der Waals surface area contributed by atoms with Crippen LogP contribution in [0.5, 0.6) is 0 Å². The molecule has 1 unspecified atom stereocenters. The minimum absolute atomic E-state index is 0.366. The molecule has 0 aromatic rings. The van der Waals surface area contributed by atoms with Crippen LogP contribution in [-0.2, 0) is 0 Å². The molecule has 0 heterocycles. The summed E-state index contributed by atoms with van der Waals surface area (Å²) in [6.45, 7) is 10.3. The Balaban J connectivity index is 4.06. The molecule has 0 saturated heterocycles. The molecule has 102 valence electrons. The van der Waals surface area contributed by atoms with E-state index in [0.29, 0.717) is 0 Å². The Hall–Kier alpha value is -1.08. The van der Waals surface area contributed by atoms with Crippen molar-refractivity contribution in [3.05, 3.63) is 47.1 Å². The van der Waals surface area contributed by atoms with Crippen LogP contribution in [0.3, 0.4) is 0 Å². The minimum Gasteiger partial charge on any atom is -0.389 e. The summed E-state index contributed by atoms with van der Waals surface area (Å²) in [5.41, 5.74) is 4.03. The maximum atomic E-state index is 9.13. The van der Waals surface area contributed by atoms with E-state index in [-0.39, 0.29) is 6.10 Å². The molecule has 0 aliphatic heterocycles. The molecule has 0 saturated carbocycles. The number of hydrogen-bond donors (Lipinski definition) is 1. The van der Waals surface area contributed by atoms with Gasteiger partial charge in [0.25, 0.3) is 0 Å². The van der Waals surface area contributed by atoms with Gasteiger partial charge in [0.05, 0.1) is 6.10 Å². The van der Waals surface area contributed by atoms with E-state index in [4.69, 9.17) is 5.11 Å². The van der Waals surface area contributed by atoms with Gasteiger partial charge in [-0.15, -0.1) is 0 Å². The normalized spacial score (nSPS) is 15.0. The van der Waals surface area contributed by atoms with Crippen molar-refractivity contribution in [2.75, 3.05) is 0 Å². The summed E-state index contributed by atoms with van der Waals surface area (Å²) >= 11 is 0. The van der Waals surface area contributed by atoms with Crippen molar-refractivity contribution in [2.24, 2.45) is 0 Å². The third kappa shape index (κ3) is 11.4. The summed E-state index contributed by atoms with van der Waals surface area (Å²) in [6, 6.07) is 0. The van der Waals surface area contributed by atoms with Gasteiger partial charge in [0, 0.05) is 0 Å². The van der Waals surface area contributed by atoms with Gasteiger partial charge in [-0.1, -0.05) is 47.1 Å². The average Bonchev–Trinajstić information content (AvgIpc) is 2.25. The maximum absolute atomic E-state index is 9.13. The lowest BCUT2D eigenvalue weighted by molar-refractivity contribution is 0.244. The molecule has 0 fully saturated rings. The van der Waals surface area contributed by atoms with E-state index in [0.717, 1.165) is 19.3 Å². The first-order chi connectivity index (χ1) is 8.41. The molecule has 0 spiro atoms. The second-order valence-corrected chi connectivity index (χ2v) is 5.15. The fourth-order valence-corrected chi connectivity index (χ4v) is 1.50. The van der Waals surface area contributed by atoms with E-state index < -0.39 is 0 Å². The highest BCUT2D eigenvalue weighted by molar-refractivity contribution is 5.18. The zero-order valence-corrected chi connectivity index (χ0v) is 12.5. The minimum atomic E-state index is -0.366. The van der Waals surface area contributed by atoms with Crippen LogP contribution in [0.25, 0.3) is 0 Å². The predicted octanol–water partition coefficient (Wildman–Crippen LogP) is 4.95. The summed E-state index contributed by atoms with van der Waals surface area (Å²) in [5, 5.41) is 9.13. The first-order valence-electron chi connectivity index (χ1n) is 6.74. The first-order valence-corrected chi connectivity index (χ1v) is 6.74. The van der Waals surface area contributed by atoms with E-state index in [2.05, 4.69) is 45.9 Å². The highest BCUT2D eigenvalue weighted by Gasteiger charge is 1.89. The summed E-state index contributed by atoms with van der Waals surface area (Å²) in [7, 11) is 0. The zero-order valence-electron chi connectivity index (χ0n) is 12.5. The standard InChI is InChI=1S/C17H28O/c1-14(2)8-6-9-15(3)10-7-11-16(4)12-13-17(5)18/h8,10-13,17-18H,6-7,9H2,1-5H3/b13-12+,15-10+,16-11+. The summed E-state index contributed by atoms with van der Waals surface area (Å²) in [4.78, 5) is 0. The van der Waals surface area contributed by atoms with Crippen molar-refractivity contribution >= 4 is 0 Å². The quantitative estimate of drug-likeness (QED) is 0.499. The lowest BCUT2D eigenvalue weighted by Crippen LogP contribution is -1.91. The Morgan fingerprint density at radius 2 is 1.72 bits per heavy atom. The predicted molar refractivity (Wildman–Crippen MR) is 81.6 cm³/mol. The summed E-state index contributed by atoms with van der Waals surface area (Å²) in [6.07, 6.45) is 13.4. The lowest BCUT2D eigenvalue weighted by Gasteiger charge is -1.98. The first kappa shape index (κ1) is 16.9. The highest BCUT2D eigenvalue weighted by atomic mass is 16.3. The van der Waals surface area contributed by atoms with Crippen molar-refractivity contribution in [3.63, 3.8) is 0 Å². The molecule has 1 N–H and O–H groups in total. The van der Waals surface area contributed by atoms with Gasteiger partial charge in [-0.25, -0.2) is 0 Å². The number of hydrogen-bond acceptors (Lipinski definition) is 1. The lowest BCUT2D eigenvalue weighted by atomic mass is 10.1. The Kier molecular flexibility index (Phi) is 9.31. The van der Waals surface area contributed by atoms with Crippen LogP contribution >= 0.6 is 0 Å². The van der Waals surface area contributed by atoms with Gasteiger partial charge in [-0.05, 0) is 53.9 Å². The monoisotopic (exact) mass is 248 g/mol. The molecule has 0 rings (SSSR count). The van der Waals surface area contributed by atoms with Gasteiger partial charge in [0.15, 0.2) is 0 Å². The van der Waals surface area contributed by atoms with Gasteiger partial charge in [0.1, 0.15) is 0 Å². The van der Waals surface area contributed by atoms with Crippen molar-refractivity contribution < 1.29 is 5.11 Å². The molecular weight excluding hydrogens is 220 g/mol. The van der Waals surface area contributed by atoms with Gasteiger partial charge in [0.2, 0.25) is 0 Å². The number of rotatable bonds is 7. The smallest absolute Gasteiger partial charge is 0.0695 e. The van der Waals surface area contributed by atoms with Crippen LogP contribution in [0.15, 0.2) is 47.1 Å². The van der Waals surface area contributed by atoms with Crippen molar-refractivity contribution in [1.29, 1.82) is 0 Å². The fraction of sp³-hybridized carbons (Fsp3) is 0.529. The Labute approximate surface area is 113 Å². The number of aliphatic hydroxyl groups excluding tert-OH is 1. The molecule has 0 aliphatic rings. The van der Waals surface area contributed by atoms with Crippen LogP contribution in [0, 0.1) is 0 Å². The molecule has 1 atom stereocenters. The Bertz CT molecular complexity index is 337. The molecule has 0 amide bonds. The van der Waals surface area contributed by atoms with Crippen molar-refractivity contribution in [1.82, 2.24) is 0 Å². The number of aliphatic hydroxyl groups is 1. The second kappa shape index (κ2) is 9.90. The molecule has 1 nitrogen and oxygen atoms in total. The molecular formula is C17H28O. The average molecular weight is 248 g/mol. The van der Waals surface area contributed by atoms with E-state index in [9.17, 15) is 0 Å². The molecule has 0 aromatic carbocycles. The van der Waals surface area contributed by atoms with E-state index in [1.165, 1.54) is 16.7 Å². The van der Waals surface area contributed by atoms with Crippen LogP contribution in [-0.4, -0.2) is 11.2 Å². The van der Waals surface area contributed by atoms with Crippen LogP contribution in [0.1, 0.15) is 53.9 Å². The Morgan fingerprint density at radius 3 is 2.28 bits per heavy atom. The van der Waals surface area contributed by atoms with Crippen molar-refractivity contribution in [2.45, 2.75) is 60.0 Å². The molecule has 0 radical (unpaired) electrons. The third-order valence-electron chi connectivity index (χ3n) is 2.64. The van der Waals surface area contributed by atoms with Gasteiger partial charge < -0.3 is 5.11 Å². The largest absolute Gasteiger partial charge is 0.389 e. The molecule has 0 aliphatic carbocycles. The topological polar surface area (TPSA) is 20.2 Å². The summed E-state index contributed by atoms with van der Waals surface area (Å²) < 4.78 is 0. The molecule has 0 aromatic heterocycles. The third-order valence-corrected chi connectivity index (χ3v) is 2.64. The summed E-state index contributed by atoms with van der Waals surface area (Å²) in [5.74, 6) is 0. The van der Waals surface area contributed by atoms with E-state index in [1.807, 2.05) is 6.08 Å². The van der Waals surface area contributed by atoms with Crippen molar-refractivity contribution in [3.8, 4) is 0 Å². The Morgan fingerprint density at radius 1 is 1.06 bits per heavy atom. The molecule has 18 heavy (non-hydrogen) atoms. The van der Waals surface area contributed by atoms with Gasteiger partial charge in [-0.2, -0.15) is 0 Å². The van der Waals surface area contributed by atoms with Crippen LogP contribution in [0.2, 0.25) is 0 Å². The van der Waals surface area contributed by atoms with E-state index in [1.54, 1.807) is 13.0 Å². The maximum Gasteiger partial charge on any atom is 0.0695 e. The van der Waals surface area contributed by atoms with Crippen LogP contribution < -0.4 is 0 Å². The van der Waals surface area contributed by atoms with Gasteiger partial charge in [-0.3, -0.25) is 0 Å². The fourth-order valence-electron chi connectivity index (χ4n) is 1.50. The highest BCUT2D eigenvalue weighted by Crippen LogP contribution is 2.09. The number of allylic oxidation sites excluding steroid dienone is 7. The van der Waals surface area contributed by atoms with Gasteiger partial charge >= 0.3 is 0 Å². The van der Waals surface area contributed by atoms with E-state index >= 15 is 0 Å².